The minimum absolute atomic E-state index is 0.250. The number of hydrogen-bond acceptors (Lipinski definition) is 3. The van der Waals surface area contributed by atoms with Gasteiger partial charge in [0.25, 0.3) is 5.91 Å². The first-order valence-corrected chi connectivity index (χ1v) is 7.80. The van der Waals surface area contributed by atoms with Crippen LogP contribution in [0.25, 0.3) is 11.0 Å². The van der Waals surface area contributed by atoms with E-state index in [9.17, 15) is 4.79 Å². The molecule has 0 fully saturated rings. The first-order valence-electron chi connectivity index (χ1n) is 7.80. The number of nitrogens with zero attached hydrogens (tertiary/aromatic N) is 2. The Bertz CT molecular complexity index is 827. The van der Waals surface area contributed by atoms with E-state index in [4.69, 9.17) is 0 Å². The fraction of sp³-hybridized carbons (Fsp3) is 0.211. The van der Waals surface area contributed by atoms with E-state index in [1.807, 2.05) is 36.4 Å². The Morgan fingerprint density at radius 2 is 1.78 bits per heavy atom. The van der Waals surface area contributed by atoms with Crippen molar-refractivity contribution in [1.82, 2.24) is 9.97 Å². The number of aromatic nitrogens is 2. The maximum Gasteiger partial charge on any atom is 0.275 e. The van der Waals surface area contributed by atoms with E-state index in [0.29, 0.717) is 17.1 Å². The maximum absolute atomic E-state index is 12.3. The number of para-hydroxylation sites is 2. The van der Waals surface area contributed by atoms with E-state index in [-0.39, 0.29) is 5.91 Å². The molecule has 0 saturated heterocycles. The van der Waals surface area contributed by atoms with Crippen molar-refractivity contribution in [3.8, 4) is 0 Å². The van der Waals surface area contributed by atoms with Gasteiger partial charge in [0.05, 0.1) is 17.2 Å². The maximum atomic E-state index is 12.3. The van der Waals surface area contributed by atoms with E-state index >= 15 is 0 Å². The molecule has 4 heteroatoms. The molecule has 1 aromatic heterocycles. The Kier molecular flexibility index (Phi) is 4.33. The minimum Gasteiger partial charge on any atom is -0.321 e. The molecule has 1 N–H and O–H groups in total. The highest BCUT2D eigenvalue weighted by Crippen LogP contribution is 2.20. The number of hydrogen-bond donors (Lipinski definition) is 1. The summed E-state index contributed by atoms with van der Waals surface area (Å²) in [5.41, 5.74) is 3.84. The summed E-state index contributed by atoms with van der Waals surface area (Å²) < 4.78 is 0. The highest BCUT2D eigenvalue weighted by molar-refractivity contribution is 6.03. The second-order valence-corrected chi connectivity index (χ2v) is 5.63. The Morgan fingerprint density at radius 3 is 2.48 bits per heavy atom. The van der Waals surface area contributed by atoms with Crippen LogP contribution in [0.3, 0.4) is 0 Å². The number of benzene rings is 2. The number of rotatable bonds is 4. The van der Waals surface area contributed by atoms with Crippen LogP contribution in [0.5, 0.6) is 0 Å². The van der Waals surface area contributed by atoms with Crippen molar-refractivity contribution in [2.45, 2.75) is 26.2 Å². The molecular weight excluding hydrogens is 286 g/mol. The first-order chi connectivity index (χ1) is 11.2. The summed E-state index contributed by atoms with van der Waals surface area (Å²) in [7, 11) is 0. The highest BCUT2D eigenvalue weighted by atomic mass is 16.1. The SMILES string of the molecule is CCC(C)c1ccc(NC(=O)c2cnc3ccccc3n2)cc1. The molecule has 1 heterocycles. The Hall–Kier alpha value is -2.75. The van der Waals surface area contributed by atoms with Crippen LogP contribution in [0.2, 0.25) is 0 Å². The molecule has 1 amide bonds. The summed E-state index contributed by atoms with van der Waals surface area (Å²) in [6.45, 7) is 4.36. The lowest BCUT2D eigenvalue weighted by Crippen LogP contribution is -2.14. The van der Waals surface area contributed by atoms with Crippen molar-refractivity contribution in [3.05, 3.63) is 66.0 Å². The molecule has 0 spiro atoms. The number of amides is 1. The first kappa shape index (κ1) is 15.2. The normalized spacial score (nSPS) is 12.1. The van der Waals surface area contributed by atoms with E-state index in [0.717, 1.165) is 17.6 Å². The second kappa shape index (κ2) is 6.57. The van der Waals surface area contributed by atoms with Gasteiger partial charge in [-0.1, -0.05) is 38.1 Å². The quantitative estimate of drug-likeness (QED) is 0.777. The van der Waals surface area contributed by atoms with Gasteiger partial charge in [-0.2, -0.15) is 0 Å². The highest BCUT2D eigenvalue weighted by Gasteiger charge is 2.10. The van der Waals surface area contributed by atoms with Gasteiger partial charge < -0.3 is 5.32 Å². The summed E-state index contributed by atoms with van der Waals surface area (Å²) in [5, 5.41) is 2.87. The topological polar surface area (TPSA) is 54.9 Å². The van der Waals surface area contributed by atoms with Gasteiger partial charge in [-0.15, -0.1) is 0 Å². The summed E-state index contributed by atoms with van der Waals surface area (Å²) in [6, 6.07) is 15.5. The van der Waals surface area contributed by atoms with Crippen LogP contribution in [0.1, 0.15) is 42.2 Å². The summed E-state index contributed by atoms with van der Waals surface area (Å²) >= 11 is 0. The fourth-order valence-corrected chi connectivity index (χ4v) is 2.39. The van der Waals surface area contributed by atoms with Crippen molar-refractivity contribution >= 4 is 22.6 Å². The van der Waals surface area contributed by atoms with E-state index in [2.05, 4.69) is 41.3 Å². The molecular formula is C19H19N3O. The lowest BCUT2D eigenvalue weighted by atomic mass is 9.99. The molecule has 0 saturated carbocycles. The van der Waals surface area contributed by atoms with Gasteiger partial charge in [-0.3, -0.25) is 9.78 Å². The zero-order valence-corrected chi connectivity index (χ0v) is 13.3. The standard InChI is InChI=1S/C19H19N3O/c1-3-13(2)14-8-10-15(11-9-14)21-19(23)18-12-20-16-6-4-5-7-17(16)22-18/h4-13H,3H2,1-2H3,(H,21,23). The van der Waals surface area contributed by atoms with Gasteiger partial charge >= 0.3 is 0 Å². The summed E-state index contributed by atoms with van der Waals surface area (Å²) in [4.78, 5) is 20.9. The fourth-order valence-electron chi connectivity index (χ4n) is 2.39. The number of anilines is 1. The number of carbonyl (C=O) groups is 1. The average Bonchev–Trinajstić information content (AvgIpc) is 2.61. The molecule has 0 aliphatic heterocycles. The predicted molar refractivity (Wildman–Crippen MR) is 92.6 cm³/mol. The number of carbonyl (C=O) groups excluding carboxylic acids is 1. The third kappa shape index (κ3) is 3.37. The van der Waals surface area contributed by atoms with E-state index < -0.39 is 0 Å². The Labute approximate surface area is 135 Å². The van der Waals surface area contributed by atoms with Gasteiger partial charge in [0.1, 0.15) is 5.69 Å². The van der Waals surface area contributed by atoms with Crippen molar-refractivity contribution in [2.75, 3.05) is 5.32 Å². The Balaban J connectivity index is 1.77. The molecule has 0 radical (unpaired) electrons. The smallest absolute Gasteiger partial charge is 0.275 e. The molecule has 0 bridgehead atoms. The van der Waals surface area contributed by atoms with Crippen LogP contribution in [0.4, 0.5) is 5.69 Å². The van der Waals surface area contributed by atoms with Crippen LogP contribution in [-0.2, 0) is 0 Å². The molecule has 1 atom stereocenters. The predicted octanol–water partition coefficient (Wildman–Crippen LogP) is 4.40. The molecule has 3 rings (SSSR count). The molecule has 0 aliphatic carbocycles. The van der Waals surface area contributed by atoms with E-state index in [1.54, 1.807) is 0 Å². The van der Waals surface area contributed by atoms with Gasteiger partial charge in [0, 0.05) is 5.69 Å². The molecule has 23 heavy (non-hydrogen) atoms. The van der Waals surface area contributed by atoms with E-state index in [1.165, 1.54) is 11.8 Å². The van der Waals surface area contributed by atoms with Crippen molar-refractivity contribution < 1.29 is 4.79 Å². The summed E-state index contributed by atoms with van der Waals surface area (Å²) in [5.74, 6) is 0.269. The minimum atomic E-state index is -0.250. The van der Waals surface area contributed by atoms with Crippen LogP contribution in [0, 0.1) is 0 Å². The van der Waals surface area contributed by atoms with Crippen LogP contribution < -0.4 is 5.32 Å². The third-order valence-corrected chi connectivity index (χ3v) is 4.03. The molecule has 0 aliphatic rings. The van der Waals surface area contributed by atoms with Crippen LogP contribution in [0.15, 0.2) is 54.7 Å². The Morgan fingerprint density at radius 1 is 1.09 bits per heavy atom. The van der Waals surface area contributed by atoms with Crippen LogP contribution in [-0.4, -0.2) is 15.9 Å². The lowest BCUT2D eigenvalue weighted by molar-refractivity contribution is 0.102. The van der Waals surface area contributed by atoms with Crippen LogP contribution >= 0.6 is 0 Å². The molecule has 1 unspecified atom stereocenters. The molecule has 116 valence electrons. The average molecular weight is 305 g/mol. The number of nitrogens with one attached hydrogen (secondary N) is 1. The lowest BCUT2D eigenvalue weighted by Gasteiger charge is -2.10. The van der Waals surface area contributed by atoms with Gasteiger partial charge in [0.2, 0.25) is 0 Å². The molecule has 4 nitrogen and oxygen atoms in total. The second-order valence-electron chi connectivity index (χ2n) is 5.63. The largest absolute Gasteiger partial charge is 0.321 e. The number of fused-ring (bicyclic) bond motifs is 1. The van der Waals surface area contributed by atoms with Crippen molar-refractivity contribution in [1.29, 1.82) is 0 Å². The van der Waals surface area contributed by atoms with Crippen molar-refractivity contribution in [3.63, 3.8) is 0 Å². The van der Waals surface area contributed by atoms with Crippen molar-refractivity contribution in [2.24, 2.45) is 0 Å². The van der Waals surface area contributed by atoms with Gasteiger partial charge in [-0.25, -0.2) is 4.98 Å². The van der Waals surface area contributed by atoms with Gasteiger partial charge in [0.15, 0.2) is 0 Å². The van der Waals surface area contributed by atoms with Gasteiger partial charge in [-0.05, 0) is 42.2 Å². The molecule has 3 aromatic rings. The monoisotopic (exact) mass is 305 g/mol. The molecule has 2 aromatic carbocycles. The third-order valence-electron chi connectivity index (χ3n) is 4.03. The summed E-state index contributed by atoms with van der Waals surface area (Å²) in [6.07, 6.45) is 2.60. The zero-order valence-electron chi connectivity index (χ0n) is 13.3. The zero-order chi connectivity index (χ0) is 16.2.